The number of anilines is 2. The second kappa shape index (κ2) is 12.2. The Balaban J connectivity index is 2.24. The van der Waals surface area contributed by atoms with Crippen LogP contribution in [0.3, 0.4) is 0 Å². The lowest BCUT2D eigenvalue weighted by molar-refractivity contribution is 0.272. The second-order valence-corrected chi connectivity index (χ2v) is 11.6. The van der Waals surface area contributed by atoms with Crippen molar-refractivity contribution in [3.05, 3.63) is 72.3 Å². The number of nitrogens with one attached hydrogen (secondary N) is 1. The molecule has 1 N–H and O–H groups in total. The molecule has 0 saturated carbocycles. The minimum absolute atomic E-state index is 0.191. The van der Waals surface area contributed by atoms with Crippen LogP contribution in [0, 0.1) is 5.92 Å². The summed E-state index contributed by atoms with van der Waals surface area (Å²) in [4.78, 5) is 2.00. The Morgan fingerprint density at radius 2 is 1.44 bits per heavy atom. The first-order chi connectivity index (χ1) is 17.2. The van der Waals surface area contributed by atoms with Crippen molar-refractivity contribution in [3.63, 3.8) is 0 Å². The number of methoxy groups -OCH3 is 3. The Labute approximate surface area is 214 Å². The van der Waals surface area contributed by atoms with Gasteiger partial charge in [-0.25, -0.2) is 0 Å². The van der Waals surface area contributed by atoms with Crippen molar-refractivity contribution in [3.8, 4) is 17.2 Å². The maximum absolute atomic E-state index is 15.0. The van der Waals surface area contributed by atoms with Gasteiger partial charge < -0.3 is 29.0 Å². The third kappa shape index (κ3) is 6.15. The SMILES string of the molecule is COc1cc([C@H](Nc2ccccc2)[P@@](=O)(OCC(C)C)c2ccc(N(C)C)cc2)cc(OC)c1OC. The average Bonchev–Trinajstić information content (AvgIpc) is 2.90. The average molecular weight is 513 g/mol. The summed E-state index contributed by atoms with van der Waals surface area (Å²) in [5.74, 6) is 0.889. The normalized spacial score (nSPS) is 13.6. The van der Waals surface area contributed by atoms with E-state index in [9.17, 15) is 0 Å². The summed E-state index contributed by atoms with van der Waals surface area (Å²) in [6.07, 6.45) is 0. The summed E-state index contributed by atoms with van der Waals surface area (Å²) in [7, 11) is 5.09. The first kappa shape index (κ1) is 27.4. The highest BCUT2D eigenvalue weighted by molar-refractivity contribution is 7.67. The molecule has 0 aliphatic heterocycles. The van der Waals surface area contributed by atoms with Crippen molar-refractivity contribution in [2.45, 2.75) is 19.6 Å². The summed E-state index contributed by atoms with van der Waals surface area (Å²) in [5, 5.41) is 4.11. The topological polar surface area (TPSA) is 69.3 Å². The largest absolute Gasteiger partial charge is 0.493 e. The van der Waals surface area contributed by atoms with E-state index in [1.54, 1.807) is 21.3 Å². The predicted octanol–water partition coefficient (Wildman–Crippen LogP) is 6.17. The van der Waals surface area contributed by atoms with Crippen LogP contribution < -0.4 is 29.7 Å². The van der Waals surface area contributed by atoms with Crippen molar-refractivity contribution < 1.29 is 23.3 Å². The van der Waals surface area contributed by atoms with Crippen LogP contribution in [0.5, 0.6) is 17.2 Å². The number of ether oxygens (including phenoxy) is 3. The second-order valence-electron chi connectivity index (χ2n) is 9.07. The molecule has 0 radical (unpaired) electrons. The van der Waals surface area contributed by atoms with Gasteiger partial charge in [0.2, 0.25) is 5.75 Å². The van der Waals surface area contributed by atoms with Crippen molar-refractivity contribution in [1.29, 1.82) is 0 Å². The zero-order chi connectivity index (χ0) is 26.3. The first-order valence-electron chi connectivity index (χ1n) is 11.9. The molecule has 3 rings (SSSR count). The number of hydrogen-bond donors (Lipinski definition) is 1. The number of hydrogen-bond acceptors (Lipinski definition) is 7. The Kier molecular flexibility index (Phi) is 9.30. The molecule has 0 aliphatic rings. The smallest absolute Gasteiger partial charge is 0.258 e. The van der Waals surface area contributed by atoms with Crippen LogP contribution in [0.15, 0.2) is 66.7 Å². The Morgan fingerprint density at radius 3 is 1.92 bits per heavy atom. The molecular weight excluding hydrogens is 475 g/mol. The number of nitrogens with zero attached hydrogens (tertiary/aromatic N) is 1. The van der Waals surface area contributed by atoms with Gasteiger partial charge in [0.1, 0.15) is 5.78 Å². The highest BCUT2D eigenvalue weighted by Crippen LogP contribution is 2.60. The zero-order valence-electron chi connectivity index (χ0n) is 22.1. The van der Waals surface area contributed by atoms with Gasteiger partial charge in [-0.05, 0) is 60.0 Å². The summed E-state index contributed by atoms with van der Waals surface area (Å²) in [5.41, 5.74) is 2.51. The summed E-state index contributed by atoms with van der Waals surface area (Å²) < 4.78 is 38.1. The van der Waals surface area contributed by atoms with Crippen LogP contribution >= 0.6 is 7.37 Å². The first-order valence-corrected chi connectivity index (χ1v) is 13.6. The molecule has 3 aromatic carbocycles. The zero-order valence-corrected chi connectivity index (χ0v) is 23.0. The van der Waals surface area contributed by atoms with E-state index in [0.717, 1.165) is 11.4 Å². The van der Waals surface area contributed by atoms with Gasteiger partial charge in [0.05, 0.1) is 27.9 Å². The molecule has 0 aliphatic carbocycles. The number of rotatable bonds is 12. The molecule has 0 fully saturated rings. The van der Waals surface area contributed by atoms with Crippen LogP contribution in [0.1, 0.15) is 25.2 Å². The lowest BCUT2D eigenvalue weighted by atomic mass is 10.1. The van der Waals surface area contributed by atoms with Crippen LogP contribution in [0.25, 0.3) is 0 Å². The summed E-state index contributed by atoms with van der Waals surface area (Å²) in [6, 6.07) is 21.0. The van der Waals surface area contributed by atoms with Crippen LogP contribution in [-0.4, -0.2) is 42.0 Å². The molecule has 0 unspecified atom stereocenters. The van der Waals surface area contributed by atoms with Gasteiger partial charge in [0.15, 0.2) is 11.5 Å². The highest BCUT2D eigenvalue weighted by Gasteiger charge is 2.39. The van der Waals surface area contributed by atoms with Gasteiger partial charge in [0, 0.05) is 30.8 Å². The maximum Gasteiger partial charge on any atom is 0.258 e. The van der Waals surface area contributed by atoms with Gasteiger partial charge in [-0.2, -0.15) is 0 Å². The minimum atomic E-state index is -3.54. The molecule has 0 aromatic heterocycles. The molecule has 0 bridgehead atoms. The quantitative estimate of drug-likeness (QED) is 0.291. The molecule has 194 valence electrons. The van der Waals surface area contributed by atoms with Gasteiger partial charge in [0.25, 0.3) is 7.37 Å². The standard InChI is InChI=1S/C28H37N2O5P/c1-20(2)19-35-36(31,24-15-13-23(14-16-24)30(3)4)28(29-22-11-9-8-10-12-22)21-17-25(32-5)27(34-7)26(18-21)33-6/h8-18,20,28-29H,19H2,1-7H3/t28-,36+/m1/s1. The highest BCUT2D eigenvalue weighted by atomic mass is 31.2. The molecule has 0 spiro atoms. The van der Waals surface area contributed by atoms with Crippen LogP contribution in [0.4, 0.5) is 11.4 Å². The van der Waals surface area contributed by atoms with E-state index in [2.05, 4.69) is 5.32 Å². The van der Waals surface area contributed by atoms with Crippen molar-refractivity contribution >= 4 is 24.0 Å². The van der Waals surface area contributed by atoms with E-state index < -0.39 is 13.2 Å². The molecule has 36 heavy (non-hydrogen) atoms. The molecule has 0 saturated heterocycles. The number of benzene rings is 3. The molecule has 7 nitrogen and oxygen atoms in total. The van der Waals surface area contributed by atoms with Gasteiger partial charge in [-0.3, -0.25) is 4.57 Å². The lowest BCUT2D eigenvalue weighted by Gasteiger charge is -2.31. The van der Waals surface area contributed by atoms with Crippen LogP contribution in [-0.2, 0) is 9.09 Å². The monoisotopic (exact) mass is 512 g/mol. The van der Waals surface area contributed by atoms with Crippen LogP contribution in [0.2, 0.25) is 0 Å². The fourth-order valence-corrected chi connectivity index (χ4v) is 6.37. The van der Waals surface area contributed by atoms with Gasteiger partial charge >= 0.3 is 0 Å². The molecule has 0 amide bonds. The Hall–Kier alpha value is -3.15. The van der Waals surface area contributed by atoms with E-state index in [4.69, 9.17) is 18.7 Å². The van der Waals surface area contributed by atoms with Gasteiger partial charge in [-0.1, -0.05) is 32.0 Å². The van der Waals surface area contributed by atoms with E-state index in [0.29, 0.717) is 34.7 Å². The fourth-order valence-electron chi connectivity index (χ4n) is 3.83. The Morgan fingerprint density at radius 1 is 0.861 bits per heavy atom. The molecule has 2 atom stereocenters. The lowest BCUT2D eigenvalue weighted by Crippen LogP contribution is -2.22. The van der Waals surface area contributed by atoms with E-state index in [-0.39, 0.29) is 5.92 Å². The maximum atomic E-state index is 15.0. The Bertz CT molecular complexity index is 1140. The van der Waals surface area contributed by atoms with E-state index in [1.165, 1.54) is 0 Å². The van der Waals surface area contributed by atoms with Gasteiger partial charge in [-0.15, -0.1) is 0 Å². The fraction of sp³-hybridized carbons (Fsp3) is 0.357. The minimum Gasteiger partial charge on any atom is -0.493 e. The molecular formula is C28H37N2O5P. The van der Waals surface area contributed by atoms with Crippen molar-refractivity contribution in [2.75, 3.05) is 52.2 Å². The number of para-hydroxylation sites is 1. The molecule has 3 aromatic rings. The molecule has 0 heterocycles. The predicted molar refractivity (Wildman–Crippen MR) is 148 cm³/mol. The molecule has 8 heteroatoms. The summed E-state index contributed by atoms with van der Waals surface area (Å²) >= 11 is 0. The van der Waals surface area contributed by atoms with Crippen molar-refractivity contribution in [2.24, 2.45) is 5.92 Å². The van der Waals surface area contributed by atoms with Crippen molar-refractivity contribution in [1.82, 2.24) is 0 Å². The summed E-state index contributed by atoms with van der Waals surface area (Å²) in [6.45, 7) is 4.42. The van der Waals surface area contributed by atoms with E-state index >= 15 is 4.57 Å². The third-order valence-electron chi connectivity index (χ3n) is 5.75. The van der Waals surface area contributed by atoms with E-state index in [1.807, 2.05) is 99.6 Å². The third-order valence-corrected chi connectivity index (χ3v) is 8.40.